The molecule has 1 rings (SSSR count). The van der Waals surface area contributed by atoms with Crippen molar-refractivity contribution < 1.29 is 9.72 Å². The smallest absolute Gasteiger partial charge is 0.273 e. The van der Waals surface area contributed by atoms with E-state index in [9.17, 15) is 14.9 Å². The van der Waals surface area contributed by atoms with Gasteiger partial charge in [0.15, 0.2) is 0 Å². The van der Waals surface area contributed by atoms with Gasteiger partial charge in [0.25, 0.3) is 5.69 Å². The molecule has 2 atom stereocenters. The van der Waals surface area contributed by atoms with E-state index in [1.54, 1.807) is 25.1 Å². The van der Waals surface area contributed by atoms with E-state index >= 15 is 0 Å². The van der Waals surface area contributed by atoms with Crippen LogP contribution in [0.4, 0.5) is 5.69 Å². The Labute approximate surface area is 125 Å². The van der Waals surface area contributed by atoms with E-state index in [2.05, 4.69) is 17.6 Å². The van der Waals surface area contributed by atoms with Crippen molar-refractivity contribution in [1.29, 1.82) is 0 Å². The van der Waals surface area contributed by atoms with Crippen molar-refractivity contribution >= 4 is 11.6 Å². The molecule has 0 spiro atoms. The summed E-state index contributed by atoms with van der Waals surface area (Å²) in [7, 11) is 0. The Bertz CT molecular complexity index is 491. The number of amides is 1. The van der Waals surface area contributed by atoms with Crippen LogP contribution >= 0.6 is 0 Å². The molecule has 0 heterocycles. The van der Waals surface area contributed by atoms with Crippen LogP contribution in [0.5, 0.6) is 0 Å². The molecule has 6 nitrogen and oxygen atoms in total. The van der Waals surface area contributed by atoms with Gasteiger partial charge in [-0.2, -0.15) is 0 Å². The molecule has 1 aromatic carbocycles. The van der Waals surface area contributed by atoms with Gasteiger partial charge in [-0.05, 0) is 20.3 Å². The van der Waals surface area contributed by atoms with Gasteiger partial charge in [0, 0.05) is 24.2 Å². The average Bonchev–Trinajstić information content (AvgIpc) is 2.45. The number of rotatable bonds is 8. The lowest BCUT2D eigenvalue weighted by Gasteiger charge is -2.18. The van der Waals surface area contributed by atoms with Crippen LogP contribution in [-0.2, 0) is 11.3 Å². The van der Waals surface area contributed by atoms with Gasteiger partial charge >= 0.3 is 0 Å². The summed E-state index contributed by atoms with van der Waals surface area (Å²) in [5.41, 5.74) is 0.640. The first kappa shape index (κ1) is 17.1. The molecular formula is C15H23N3O3. The lowest BCUT2D eigenvalue weighted by Crippen LogP contribution is -2.45. The highest BCUT2D eigenvalue weighted by atomic mass is 16.6. The second-order valence-electron chi connectivity index (χ2n) is 5.19. The zero-order valence-corrected chi connectivity index (χ0v) is 12.8. The summed E-state index contributed by atoms with van der Waals surface area (Å²) in [5.74, 6) is -0.0884. The van der Waals surface area contributed by atoms with E-state index in [1.807, 2.05) is 6.92 Å². The number of hydrogen-bond acceptors (Lipinski definition) is 4. The van der Waals surface area contributed by atoms with E-state index in [0.29, 0.717) is 5.56 Å². The van der Waals surface area contributed by atoms with Gasteiger partial charge in [-0.25, -0.2) is 0 Å². The van der Waals surface area contributed by atoms with Crippen molar-refractivity contribution in [3.8, 4) is 0 Å². The predicted octanol–water partition coefficient (Wildman–Crippen LogP) is 2.38. The van der Waals surface area contributed by atoms with Gasteiger partial charge in [0.05, 0.1) is 11.0 Å². The zero-order chi connectivity index (χ0) is 15.8. The highest BCUT2D eigenvalue weighted by Crippen LogP contribution is 2.17. The number of para-hydroxylation sites is 1. The quantitative estimate of drug-likeness (QED) is 0.569. The van der Waals surface area contributed by atoms with Gasteiger partial charge in [-0.3, -0.25) is 14.9 Å². The zero-order valence-electron chi connectivity index (χ0n) is 12.8. The molecule has 6 heteroatoms. The van der Waals surface area contributed by atoms with Crippen LogP contribution < -0.4 is 10.6 Å². The van der Waals surface area contributed by atoms with Gasteiger partial charge in [0.1, 0.15) is 0 Å². The van der Waals surface area contributed by atoms with Gasteiger partial charge in [0.2, 0.25) is 5.91 Å². The Balaban J connectivity index is 2.55. The molecule has 0 aromatic heterocycles. The van der Waals surface area contributed by atoms with Gasteiger partial charge < -0.3 is 10.6 Å². The van der Waals surface area contributed by atoms with Crippen LogP contribution in [0.3, 0.4) is 0 Å². The molecular weight excluding hydrogens is 270 g/mol. The number of carbonyl (C=O) groups is 1. The van der Waals surface area contributed by atoms with E-state index in [0.717, 1.165) is 12.8 Å². The first-order valence-electron chi connectivity index (χ1n) is 7.21. The Hall–Kier alpha value is -1.95. The maximum atomic E-state index is 12.0. The fourth-order valence-corrected chi connectivity index (χ4v) is 2.07. The average molecular weight is 293 g/mol. The van der Waals surface area contributed by atoms with Crippen LogP contribution in [0.25, 0.3) is 0 Å². The summed E-state index contributed by atoms with van der Waals surface area (Å²) in [6, 6.07) is 6.27. The third kappa shape index (κ3) is 5.51. The van der Waals surface area contributed by atoms with Crippen molar-refractivity contribution in [1.82, 2.24) is 10.6 Å². The minimum absolute atomic E-state index is 0.0666. The summed E-state index contributed by atoms with van der Waals surface area (Å²) < 4.78 is 0. The van der Waals surface area contributed by atoms with Crippen molar-refractivity contribution in [2.75, 3.05) is 0 Å². The number of hydrogen-bond donors (Lipinski definition) is 2. The number of nitrogens with one attached hydrogen (secondary N) is 2. The number of carbonyl (C=O) groups excluding carboxylic acids is 1. The Morgan fingerprint density at radius 1 is 1.33 bits per heavy atom. The molecule has 0 fully saturated rings. The van der Waals surface area contributed by atoms with E-state index in [-0.39, 0.29) is 24.2 Å². The maximum Gasteiger partial charge on any atom is 0.273 e. The minimum Gasteiger partial charge on any atom is -0.352 e. The molecule has 0 bridgehead atoms. The normalized spacial score (nSPS) is 13.5. The number of benzene rings is 1. The highest BCUT2D eigenvalue weighted by molar-refractivity contribution is 5.81. The Morgan fingerprint density at radius 3 is 2.62 bits per heavy atom. The maximum absolute atomic E-state index is 12.0. The monoisotopic (exact) mass is 293 g/mol. The molecule has 0 saturated carbocycles. The number of nitrogens with zero attached hydrogens (tertiary/aromatic N) is 1. The molecule has 0 aliphatic rings. The second kappa shape index (κ2) is 8.36. The molecule has 2 unspecified atom stereocenters. The molecule has 1 aromatic rings. The topological polar surface area (TPSA) is 84.3 Å². The molecule has 2 N–H and O–H groups in total. The highest BCUT2D eigenvalue weighted by Gasteiger charge is 2.17. The number of nitro benzene ring substituents is 1. The third-order valence-electron chi connectivity index (χ3n) is 3.29. The van der Waals surface area contributed by atoms with E-state index in [4.69, 9.17) is 0 Å². The first-order chi connectivity index (χ1) is 9.95. The summed E-state index contributed by atoms with van der Waals surface area (Å²) in [4.78, 5) is 22.5. The lowest BCUT2D eigenvalue weighted by atomic mass is 10.1. The predicted molar refractivity (Wildman–Crippen MR) is 81.9 cm³/mol. The fourth-order valence-electron chi connectivity index (χ4n) is 2.07. The Kier molecular flexibility index (Phi) is 6.81. The summed E-state index contributed by atoms with van der Waals surface area (Å²) in [6.07, 6.45) is 1.95. The second-order valence-corrected chi connectivity index (χ2v) is 5.19. The van der Waals surface area contributed by atoms with Crippen molar-refractivity contribution in [3.05, 3.63) is 39.9 Å². The van der Waals surface area contributed by atoms with Crippen LogP contribution in [-0.4, -0.2) is 22.9 Å². The molecule has 0 aliphatic heterocycles. The van der Waals surface area contributed by atoms with Crippen molar-refractivity contribution in [2.45, 2.75) is 52.2 Å². The van der Waals surface area contributed by atoms with E-state index < -0.39 is 11.0 Å². The first-order valence-corrected chi connectivity index (χ1v) is 7.21. The molecule has 116 valence electrons. The van der Waals surface area contributed by atoms with E-state index in [1.165, 1.54) is 6.07 Å². The third-order valence-corrected chi connectivity index (χ3v) is 3.29. The van der Waals surface area contributed by atoms with Gasteiger partial charge in [-0.1, -0.05) is 31.5 Å². The van der Waals surface area contributed by atoms with Crippen LogP contribution in [0.1, 0.15) is 39.2 Å². The molecule has 21 heavy (non-hydrogen) atoms. The van der Waals surface area contributed by atoms with Crippen molar-refractivity contribution in [3.63, 3.8) is 0 Å². The number of nitro groups is 1. The largest absolute Gasteiger partial charge is 0.352 e. The van der Waals surface area contributed by atoms with Crippen LogP contribution in [0.2, 0.25) is 0 Å². The van der Waals surface area contributed by atoms with Crippen molar-refractivity contribution in [2.24, 2.45) is 0 Å². The summed E-state index contributed by atoms with van der Waals surface area (Å²) in [5, 5.41) is 16.9. The minimum atomic E-state index is -0.412. The van der Waals surface area contributed by atoms with Crippen LogP contribution in [0.15, 0.2) is 24.3 Å². The lowest BCUT2D eigenvalue weighted by molar-refractivity contribution is -0.385. The molecule has 1 amide bonds. The fraction of sp³-hybridized carbons (Fsp3) is 0.533. The standard InChI is InChI=1S/C15H23N3O3/c1-4-7-11(2)17-15(19)12(3)16-10-13-8-5-6-9-14(13)18(20)21/h5-6,8-9,11-12,16H,4,7,10H2,1-3H3,(H,17,19). The van der Waals surface area contributed by atoms with Crippen LogP contribution in [0, 0.1) is 10.1 Å². The molecule has 0 radical (unpaired) electrons. The van der Waals surface area contributed by atoms with Gasteiger partial charge in [-0.15, -0.1) is 0 Å². The SMILES string of the molecule is CCCC(C)NC(=O)C(C)NCc1ccccc1[N+](=O)[O-]. The Morgan fingerprint density at radius 2 is 2.00 bits per heavy atom. The summed E-state index contributed by atoms with van der Waals surface area (Å²) in [6.45, 7) is 6.08. The summed E-state index contributed by atoms with van der Waals surface area (Å²) >= 11 is 0. The molecule has 0 saturated heterocycles. The molecule has 0 aliphatic carbocycles.